The SMILES string of the molecule is N#CCC(=O)Nc1cc(C(F)(F)F)ccc1Br. The van der Waals surface area contributed by atoms with Crippen molar-refractivity contribution in [1.82, 2.24) is 0 Å². The minimum Gasteiger partial charge on any atom is -0.324 e. The number of nitriles is 1. The first-order valence-corrected chi connectivity index (χ1v) is 5.17. The lowest BCUT2D eigenvalue weighted by Crippen LogP contribution is -2.12. The van der Waals surface area contributed by atoms with Crippen LogP contribution in [-0.2, 0) is 11.0 Å². The molecule has 0 aliphatic carbocycles. The fraction of sp³-hybridized carbons (Fsp3) is 0.200. The molecule has 0 atom stereocenters. The van der Waals surface area contributed by atoms with Crippen LogP contribution in [0.15, 0.2) is 22.7 Å². The largest absolute Gasteiger partial charge is 0.416 e. The van der Waals surface area contributed by atoms with Gasteiger partial charge in [-0.05, 0) is 34.1 Å². The molecule has 0 aliphatic rings. The number of nitrogens with zero attached hydrogens (tertiary/aromatic N) is 1. The monoisotopic (exact) mass is 306 g/mol. The molecule has 0 unspecified atom stereocenters. The van der Waals surface area contributed by atoms with Gasteiger partial charge in [0.2, 0.25) is 5.91 Å². The fourth-order valence-corrected chi connectivity index (χ4v) is 1.41. The van der Waals surface area contributed by atoms with Crippen LogP contribution in [0, 0.1) is 11.3 Å². The van der Waals surface area contributed by atoms with Crippen LogP contribution in [0.5, 0.6) is 0 Å². The molecule has 1 aromatic carbocycles. The van der Waals surface area contributed by atoms with Gasteiger partial charge < -0.3 is 5.32 Å². The smallest absolute Gasteiger partial charge is 0.324 e. The van der Waals surface area contributed by atoms with E-state index >= 15 is 0 Å². The van der Waals surface area contributed by atoms with Gasteiger partial charge in [0.05, 0.1) is 17.3 Å². The van der Waals surface area contributed by atoms with E-state index in [-0.39, 0.29) is 5.69 Å². The van der Waals surface area contributed by atoms with Crippen LogP contribution in [-0.4, -0.2) is 5.91 Å². The molecular weight excluding hydrogens is 301 g/mol. The maximum atomic E-state index is 12.4. The van der Waals surface area contributed by atoms with E-state index in [2.05, 4.69) is 21.2 Å². The Morgan fingerprint density at radius 1 is 1.47 bits per heavy atom. The molecule has 0 fully saturated rings. The topological polar surface area (TPSA) is 52.9 Å². The summed E-state index contributed by atoms with van der Waals surface area (Å²) in [7, 11) is 0. The highest BCUT2D eigenvalue weighted by molar-refractivity contribution is 9.10. The fourth-order valence-electron chi connectivity index (χ4n) is 1.06. The van der Waals surface area contributed by atoms with Crippen molar-refractivity contribution in [2.24, 2.45) is 0 Å². The molecule has 7 heteroatoms. The van der Waals surface area contributed by atoms with Gasteiger partial charge in [-0.15, -0.1) is 0 Å². The Hall–Kier alpha value is -1.55. The highest BCUT2D eigenvalue weighted by Gasteiger charge is 2.31. The number of hydrogen-bond donors (Lipinski definition) is 1. The maximum absolute atomic E-state index is 12.4. The molecule has 1 amide bonds. The van der Waals surface area contributed by atoms with Crippen LogP contribution in [0.3, 0.4) is 0 Å². The summed E-state index contributed by atoms with van der Waals surface area (Å²) in [6.45, 7) is 0. The van der Waals surface area contributed by atoms with Gasteiger partial charge in [-0.3, -0.25) is 4.79 Å². The summed E-state index contributed by atoms with van der Waals surface area (Å²) in [5.41, 5.74) is -0.881. The minimum absolute atomic E-state index is 0.0138. The Kier molecular flexibility index (Phi) is 4.12. The van der Waals surface area contributed by atoms with Crippen LogP contribution in [0.1, 0.15) is 12.0 Å². The van der Waals surface area contributed by atoms with Gasteiger partial charge in [-0.1, -0.05) is 0 Å². The van der Waals surface area contributed by atoms with Crippen LogP contribution >= 0.6 is 15.9 Å². The van der Waals surface area contributed by atoms with Gasteiger partial charge in [-0.2, -0.15) is 18.4 Å². The molecule has 0 aliphatic heterocycles. The summed E-state index contributed by atoms with van der Waals surface area (Å²) in [4.78, 5) is 11.1. The molecule has 1 aromatic rings. The molecule has 0 spiro atoms. The standard InChI is InChI=1S/C10H6BrF3N2O/c11-7-2-1-6(10(12,13)14)5-8(7)16-9(17)3-4-15/h1-2,5H,3H2,(H,16,17). The van der Waals surface area contributed by atoms with E-state index in [0.29, 0.717) is 4.47 Å². The number of amides is 1. The molecule has 0 saturated carbocycles. The van der Waals surface area contributed by atoms with E-state index in [1.165, 1.54) is 6.07 Å². The molecule has 0 radical (unpaired) electrons. The van der Waals surface area contributed by atoms with Crippen molar-refractivity contribution in [2.75, 3.05) is 5.32 Å². The van der Waals surface area contributed by atoms with Crippen molar-refractivity contribution in [1.29, 1.82) is 5.26 Å². The van der Waals surface area contributed by atoms with Gasteiger partial charge in [0, 0.05) is 4.47 Å². The van der Waals surface area contributed by atoms with E-state index in [9.17, 15) is 18.0 Å². The van der Waals surface area contributed by atoms with Crippen molar-refractivity contribution < 1.29 is 18.0 Å². The lowest BCUT2D eigenvalue weighted by atomic mass is 10.2. The second-order valence-electron chi connectivity index (χ2n) is 3.08. The number of anilines is 1. The molecule has 90 valence electrons. The summed E-state index contributed by atoms with van der Waals surface area (Å²) in [5.74, 6) is -0.660. The summed E-state index contributed by atoms with van der Waals surface area (Å²) < 4.78 is 37.5. The van der Waals surface area contributed by atoms with Gasteiger partial charge in [-0.25, -0.2) is 0 Å². The summed E-state index contributed by atoms with van der Waals surface area (Å²) >= 11 is 3.01. The minimum atomic E-state index is -4.48. The molecule has 17 heavy (non-hydrogen) atoms. The number of rotatable bonds is 2. The second-order valence-corrected chi connectivity index (χ2v) is 3.93. The number of nitrogens with one attached hydrogen (secondary N) is 1. The highest BCUT2D eigenvalue weighted by atomic mass is 79.9. The second kappa shape index (κ2) is 5.19. The van der Waals surface area contributed by atoms with Crippen LogP contribution in [0.2, 0.25) is 0 Å². The number of benzene rings is 1. The number of carbonyl (C=O) groups is 1. The van der Waals surface area contributed by atoms with Crippen LogP contribution < -0.4 is 5.32 Å². The van der Waals surface area contributed by atoms with Crippen molar-refractivity contribution in [3.63, 3.8) is 0 Å². The first-order valence-electron chi connectivity index (χ1n) is 4.38. The van der Waals surface area contributed by atoms with E-state index in [1.54, 1.807) is 6.07 Å². The van der Waals surface area contributed by atoms with Crippen molar-refractivity contribution >= 4 is 27.5 Å². The number of halogens is 4. The Bertz CT molecular complexity index is 479. The average Bonchev–Trinajstić information content (AvgIpc) is 2.20. The van der Waals surface area contributed by atoms with Gasteiger partial charge >= 0.3 is 6.18 Å². The third-order valence-corrected chi connectivity index (χ3v) is 2.50. The third-order valence-electron chi connectivity index (χ3n) is 1.81. The van der Waals surface area contributed by atoms with Gasteiger partial charge in [0.25, 0.3) is 0 Å². The zero-order chi connectivity index (χ0) is 13.1. The van der Waals surface area contributed by atoms with E-state index in [0.717, 1.165) is 12.1 Å². The van der Waals surface area contributed by atoms with E-state index in [4.69, 9.17) is 5.26 Å². The molecule has 3 nitrogen and oxygen atoms in total. The Labute approximate surface area is 103 Å². The van der Waals surface area contributed by atoms with Crippen LogP contribution in [0.4, 0.5) is 18.9 Å². The molecule has 0 heterocycles. The summed E-state index contributed by atoms with van der Waals surface area (Å²) in [5, 5.41) is 10.5. The molecule has 1 N–H and O–H groups in total. The van der Waals surface area contributed by atoms with Gasteiger partial charge in [0.15, 0.2) is 0 Å². The molecule has 1 rings (SSSR count). The zero-order valence-corrected chi connectivity index (χ0v) is 9.89. The predicted octanol–water partition coefficient (Wildman–Crippen LogP) is 3.32. The quantitative estimate of drug-likeness (QED) is 0.911. The normalized spacial score (nSPS) is 10.8. The Morgan fingerprint density at radius 3 is 2.65 bits per heavy atom. The molecule has 0 saturated heterocycles. The molecular formula is C10H6BrF3N2O. The number of carbonyl (C=O) groups excluding carboxylic acids is 1. The number of hydrogen-bond acceptors (Lipinski definition) is 2. The maximum Gasteiger partial charge on any atom is 0.416 e. The van der Waals surface area contributed by atoms with Crippen molar-refractivity contribution in [3.8, 4) is 6.07 Å². The van der Waals surface area contributed by atoms with Crippen LogP contribution in [0.25, 0.3) is 0 Å². The van der Waals surface area contributed by atoms with Crippen molar-refractivity contribution in [3.05, 3.63) is 28.2 Å². The predicted molar refractivity (Wildman–Crippen MR) is 58.0 cm³/mol. The van der Waals surface area contributed by atoms with Crippen molar-refractivity contribution in [2.45, 2.75) is 12.6 Å². The first-order chi connectivity index (χ1) is 7.84. The lowest BCUT2D eigenvalue weighted by molar-refractivity contribution is -0.137. The summed E-state index contributed by atoms with van der Waals surface area (Å²) in [6, 6.07) is 4.49. The third kappa shape index (κ3) is 3.75. The number of alkyl halides is 3. The van der Waals surface area contributed by atoms with E-state index < -0.39 is 24.1 Å². The molecule has 0 aromatic heterocycles. The van der Waals surface area contributed by atoms with Gasteiger partial charge in [0.1, 0.15) is 6.42 Å². The first kappa shape index (κ1) is 13.5. The molecule has 0 bridgehead atoms. The Morgan fingerprint density at radius 2 is 2.12 bits per heavy atom. The van der Waals surface area contributed by atoms with E-state index in [1.807, 2.05) is 0 Å². The highest BCUT2D eigenvalue weighted by Crippen LogP contribution is 2.33. The zero-order valence-electron chi connectivity index (χ0n) is 8.31. The lowest BCUT2D eigenvalue weighted by Gasteiger charge is -2.10. The average molecular weight is 307 g/mol. The Balaban J connectivity index is 3.00. The summed E-state index contributed by atoms with van der Waals surface area (Å²) in [6.07, 6.45) is -4.89.